The number of ether oxygens (including phenoxy) is 2. The second-order valence-electron chi connectivity index (χ2n) is 9.14. The van der Waals surface area contributed by atoms with E-state index in [1.165, 1.54) is 16.9 Å². The van der Waals surface area contributed by atoms with E-state index in [2.05, 4.69) is 26.3 Å². The minimum atomic E-state index is -0.776. The SMILES string of the molecule is Cn1ncc(-c2cc3c(CN)n[nH]c(=O)c3c(OC3CC3)n2)c1-c1c(F)c(Cl)cc(OC2CC2)c1C#N. The van der Waals surface area contributed by atoms with Crippen LogP contribution in [0, 0.1) is 17.1 Å². The summed E-state index contributed by atoms with van der Waals surface area (Å²) in [6.07, 6.45) is 4.84. The molecule has 3 aromatic heterocycles. The molecule has 0 spiro atoms. The van der Waals surface area contributed by atoms with Gasteiger partial charge < -0.3 is 15.2 Å². The summed E-state index contributed by atoms with van der Waals surface area (Å²) in [6.45, 7) is 0.0584. The molecule has 2 saturated carbocycles. The van der Waals surface area contributed by atoms with Crippen molar-refractivity contribution in [2.45, 2.75) is 44.4 Å². The van der Waals surface area contributed by atoms with E-state index < -0.39 is 11.4 Å². The van der Waals surface area contributed by atoms with Crippen LogP contribution in [-0.4, -0.2) is 37.2 Å². The highest BCUT2D eigenvalue weighted by Gasteiger charge is 2.31. The number of hydrogen-bond donors (Lipinski definition) is 2. The lowest BCUT2D eigenvalue weighted by Gasteiger charge is -2.16. The Labute approximate surface area is 214 Å². The molecule has 1 aromatic carbocycles. The maximum atomic E-state index is 15.6. The first-order chi connectivity index (χ1) is 17.9. The molecule has 0 radical (unpaired) electrons. The summed E-state index contributed by atoms with van der Waals surface area (Å²) in [7, 11) is 1.63. The van der Waals surface area contributed by atoms with Gasteiger partial charge in [-0.1, -0.05) is 11.6 Å². The Bertz CT molecular complexity index is 1670. The third-order valence-corrected chi connectivity index (χ3v) is 6.65. The fourth-order valence-corrected chi connectivity index (χ4v) is 4.44. The lowest BCUT2D eigenvalue weighted by Crippen LogP contribution is -2.16. The van der Waals surface area contributed by atoms with Crippen molar-refractivity contribution in [2.75, 3.05) is 0 Å². The van der Waals surface area contributed by atoms with Gasteiger partial charge in [0.2, 0.25) is 5.88 Å². The first-order valence-electron chi connectivity index (χ1n) is 11.8. The predicted molar refractivity (Wildman–Crippen MR) is 133 cm³/mol. The van der Waals surface area contributed by atoms with Gasteiger partial charge in [0.05, 0.1) is 40.0 Å². The van der Waals surface area contributed by atoms with Crippen molar-refractivity contribution in [3.8, 4) is 40.2 Å². The Kier molecular flexibility index (Phi) is 5.58. The standard InChI is InChI=1S/C25H21ClFN7O3/c1-34-23(20-14(8-28)19(36-11-2-3-11)7-16(26)22(20)27)15(10-30-34)17-6-13-18(9-29)32-33-24(35)21(13)25(31-17)37-12-4-5-12/h6-7,10-12H,2-5,9,29H2,1H3,(H,33,35). The summed E-state index contributed by atoms with van der Waals surface area (Å²) in [6, 6.07) is 5.06. The minimum absolute atomic E-state index is 0.00894. The maximum Gasteiger partial charge on any atom is 0.277 e. The van der Waals surface area contributed by atoms with Gasteiger partial charge in [0.15, 0.2) is 5.82 Å². The number of pyridine rings is 1. The first-order valence-corrected chi connectivity index (χ1v) is 12.2. The van der Waals surface area contributed by atoms with Crippen LogP contribution in [0.2, 0.25) is 5.02 Å². The molecular weight excluding hydrogens is 501 g/mol. The second-order valence-corrected chi connectivity index (χ2v) is 9.54. The molecule has 0 saturated heterocycles. The van der Waals surface area contributed by atoms with Crippen molar-refractivity contribution >= 4 is 22.4 Å². The molecule has 3 heterocycles. The van der Waals surface area contributed by atoms with Crippen LogP contribution in [-0.2, 0) is 13.6 Å². The van der Waals surface area contributed by atoms with Crippen molar-refractivity contribution < 1.29 is 13.9 Å². The van der Waals surface area contributed by atoms with Crippen LogP contribution in [0.25, 0.3) is 33.3 Å². The number of aromatic nitrogens is 5. The number of nitrogens with two attached hydrogens (primary N) is 1. The zero-order valence-corrected chi connectivity index (χ0v) is 20.5. The fraction of sp³-hybridized carbons (Fsp3) is 0.320. The molecule has 0 aliphatic heterocycles. The first kappa shape index (κ1) is 23.4. The molecule has 0 amide bonds. The normalized spacial score (nSPS) is 15.1. The Balaban J connectivity index is 1.61. The summed E-state index contributed by atoms with van der Waals surface area (Å²) >= 11 is 6.25. The van der Waals surface area contributed by atoms with Crippen molar-refractivity contribution in [1.82, 2.24) is 25.0 Å². The van der Waals surface area contributed by atoms with Gasteiger partial charge >= 0.3 is 0 Å². The van der Waals surface area contributed by atoms with E-state index in [1.807, 2.05) is 0 Å². The zero-order chi connectivity index (χ0) is 25.8. The maximum absolute atomic E-state index is 15.6. The smallest absolute Gasteiger partial charge is 0.277 e. The van der Waals surface area contributed by atoms with E-state index in [-0.39, 0.29) is 57.6 Å². The van der Waals surface area contributed by atoms with E-state index in [9.17, 15) is 10.1 Å². The van der Waals surface area contributed by atoms with Crippen LogP contribution in [0.4, 0.5) is 4.39 Å². The van der Waals surface area contributed by atoms with E-state index in [1.54, 1.807) is 13.1 Å². The highest BCUT2D eigenvalue weighted by atomic mass is 35.5. The van der Waals surface area contributed by atoms with Gasteiger partial charge in [-0.3, -0.25) is 9.48 Å². The molecule has 4 aromatic rings. The summed E-state index contributed by atoms with van der Waals surface area (Å²) in [5.74, 6) is -0.431. The quantitative estimate of drug-likeness (QED) is 0.375. The summed E-state index contributed by atoms with van der Waals surface area (Å²) < 4.78 is 28.9. The summed E-state index contributed by atoms with van der Waals surface area (Å²) in [5.41, 5.74) is 6.88. The molecule has 2 aliphatic rings. The van der Waals surface area contributed by atoms with Crippen molar-refractivity contribution in [3.05, 3.63) is 50.8 Å². The van der Waals surface area contributed by atoms with Gasteiger partial charge in [-0.25, -0.2) is 14.5 Å². The lowest BCUT2D eigenvalue weighted by atomic mass is 9.98. The molecule has 2 aliphatic carbocycles. The van der Waals surface area contributed by atoms with Crippen LogP contribution in [0.15, 0.2) is 23.1 Å². The average Bonchev–Trinajstić information content (AvgIpc) is 3.82. The second kappa shape index (κ2) is 8.83. The Hall–Kier alpha value is -4.01. The summed E-state index contributed by atoms with van der Waals surface area (Å²) in [4.78, 5) is 17.3. The largest absolute Gasteiger partial charge is 0.489 e. The zero-order valence-electron chi connectivity index (χ0n) is 19.7. The molecule has 2 fully saturated rings. The van der Waals surface area contributed by atoms with E-state index in [0.717, 1.165) is 25.7 Å². The highest BCUT2D eigenvalue weighted by molar-refractivity contribution is 6.31. The van der Waals surface area contributed by atoms with Gasteiger partial charge in [-0.05, 0) is 31.7 Å². The van der Waals surface area contributed by atoms with E-state index in [4.69, 9.17) is 26.8 Å². The number of nitrogens with one attached hydrogen (secondary N) is 1. The van der Waals surface area contributed by atoms with Gasteiger partial charge in [-0.2, -0.15) is 15.5 Å². The summed E-state index contributed by atoms with van der Waals surface area (Å²) in [5, 5.41) is 21.4. The number of nitrogens with zero attached hydrogens (tertiary/aromatic N) is 5. The number of rotatable bonds is 7. The molecular formula is C25H21ClFN7O3. The topological polar surface area (TPSA) is 145 Å². The van der Waals surface area contributed by atoms with E-state index >= 15 is 4.39 Å². The molecule has 0 unspecified atom stereocenters. The van der Waals surface area contributed by atoms with Crippen molar-refractivity contribution in [3.63, 3.8) is 0 Å². The Morgan fingerprint density at radius 2 is 2.00 bits per heavy atom. The molecule has 10 nitrogen and oxygen atoms in total. The Morgan fingerprint density at radius 3 is 2.68 bits per heavy atom. The third kappa shape index (κ3) is 4.08. The number of halogens is 2. The number of H-pyrrole nitrogens is 1. The number of nitriles is 1. The number of fused-ring (bicyclic) bond motifs is 1. The van der Waals surface area contributed by atoms with Crippen LogP contribution in [0.5, 0.6) is 11.6 Å². The van der Waals surface area contributed by atoms with Gasteiger partial charge in [-0.15, -0.1) is 0 Å². The molecule has 0 bridgehead atoms. The lowest BCUT2D eigenvalue weighted by molar-refractivity contribution is 0.295. The molecule has 3 N–H and O–H groups in total. The number of benzene rings is 1. The highest BCUT2D eigenvalue weighted by Crippen LogP contribution is 2.43. The van der Waals surface area contributed by atoms with Crippen LogP contribution >= 0.6 is 11.6 Å². The van der Waals surface area contributed by atoms with E-state index in [0.29, 0.717) is 22.3 Å². The molecule has 188 valence electrons. The monoisotopic (exact) mass is 521 g/mol. The average molecular weight is 522 g/mol. The molecule has 37 heavy (non-hydrogen) atoms. The predicted octanol–water partition coefficient (Wildman–Crippen LogP) is 3.59. The molecule has 12 heteroatoms. The van der Waals surface area contributed by atoms with Gasteiger partial charge in [0.1, 0.15) is 28.9 Å². The fourth-order valence-electron chi connectivity index (χ4n) is 4.24. The van der Waals surface area contributed by atoms with Crippen LogP contribution < -0.4 is 20.8 Å². The van der Waals surface area contributed by atoms with Gasteiger partial charge in [0, 0.05) is 30.6 Å². The van der Waals surface area contributed by atoms with Crippen molar-refractivity contribution in [1.29, 1.82) is 5.26 Å². The van der Waals surface area contributed by atoms with Gasteiger partial charge in [0.25, 0.3) is 5.56 Å². The Morgan fingerprint density at radius 1 is 1.27 bits per heavy atom. The third-order valence-electron chi connectivity index (χ3n) is 6.38. The molecule has 0 atom stereocenters. The van der Waals surface area contributed by atoms with Crippen LogP contribution in [0.1, 0.15) is 36.9 Å². The number of aromatic amines is 1. The number of hydrogen-bond acceptors (Lipinski definition) is 8. The molecule has 6 rings (SSSR count). The van der Waals surface area contributed by atoms with Crippen molar-refractivity contribution in [2.24, 2.45) is 12.8 Å². The number of aryl methyl sites for hydroxylation is 1. The minimum Gasteiger partial charge on any atom is -0.489 e. The van der Waals surface area contributed by atoms with Crippen LogP contribution in [0.3, 0.4) is 0 Å².